The van der Waals surface area contributed by atoms with E-state index in [1.54, 1.807) is 14.2 Å². The molecular formula is C30H28N2O5. The van der Waals surface area contributed by atoms with E-state index in [0.29, 0.717) is 6.61 Å². The summed E-state index contributed by atoms with van der Waals surface area (Å²) in [4.78, 5) is 11.6. The molecule has 2 atom stereocenters. The van der Waals surface area contributed by atoms with E-state index in [1.165, 1.54) is 5.56 Å². The molecule has 0 spiro atoms. The molecule has 4 aromatic carbocycles. The molecule has 2 heterocycles. The van der Waals surface area contributed by atoms with E-state index in [1.807, 2.05) is 91.0 Å². The number of ether oxygens (including phenoxy) is 4. The van der Waals surface area contributed by atoms with Gasteiger partial charge in [0.1, 0.15) is 29.1 Å². The predicted octanol–water partition coefficient (Wildman–Crippen LogP) is 6.64. The Hall–Kier alpha value is -4.65. The summed E-state index contributed by atoms with van der Waals surface area (Å²) < 4.78 is 22.6. The normalized spacial score (nSPS) is 16.3. The van der Waals surface area contributed by atoms with Crippen molar-refractivity contribution in [1.82, 2.24) is 0 Å². The highest BCUT2D eigenvalue weighted by molar-refractivity contribution is 5.99. The maximum atomic E-state index is 11.6. The van der Waals surface area contributed by atoms with E-state index in [4.69, 9.17) is 18.9 Å². The number of urea groups is 1. The third-order valence-electron chi connectivity index (χ3n) is 6.25. The minimum absolute atomic E-state index is 0.00163. The minimum atomic E-state index is -0.239. The smallest absolute Gasteiger partial charge is 0.323 e. The number of carbonyl (C=O) groups excluding carboxylic acids is 1. The van der Waals surface area contributed by atoms with Crippen LogP contribution < -0.4 is 29.6 Å². The fraction of sp³-hybridized carbons (Fsp3) is 0.167. The molecule has 37 heavy (non-hydrogen) atoms. The maximum absolute atomic E-state index is 11.6. The van der Waals surface area contributed by atoms with Crippen molar-refractivity contribution in [1.29, 1.82) is 0 Å². The van der Waals surface area contributed by atoms with Crippen molar-refractivity contribution in [2.75, 3.05) is 31.5 Å². The van der Waals surface area contributed by atoms with Crippen LogP contribution in [0.25, 0.3) is 0 Å². The highest BCUT2D eigenvalue weighted by atomic mass is 16.5. The second kappa shape index (κ2) is 11.0. The summed E-state index contributed by atoms with van der Waals surface area (Å²) in [6, 6.07) is 30.3. The molecule has 4 aromatic rings. The minimum Gasteiger partial charge on any atom is -0.497 e. The van der Waals surface area contributed by atoms with Crippen LogP contribution in [-0.4, -0.2) is 26.9 Å². The Labute approximate surface area is 216 Å². The molecule has 0 bridgehead atoms. The molecule has 2 aliphatic rings. The Balaban J connectivity index is 0.000000158. The van der Waals surface area contributed by atoms with E-state index in [2.05, 4.69) is 16.7 Å². The number of benzene rings is 4. The van der Waals surface area contributed by atoms with Gasteiger partial charge in [0, 0.05) is 34.6 Å². The van der Waals surface area contributed by atoms with Crippen molar-refractivity contribution in [3.05, 3.63) is 108 Å². The van der Waals surface area contributed by atoms with E-state index in [9.17, 15) is 4.79 Å². The van der Waals surface area contributed by atoms with Crippen LogP contribution in [0.3, 0.4) is 0 Å². The van der Waals surface area contributed by atoms with Gasteiger partial charge in [-0.3, -0.25) is 0 Å². The van der Waals surface area contributed by atoms with Crippen molar-refractivity contribution >= 4 is 17.4 Å². The molecule has 0 radical (unpaired) electrons. The number of carbonyl (C=O) groups is 1. The third kappa shape index (κ3) is 5.46. The van der Waals surface area contributed by atoms with E-state index in [-0.39, 0.29) is 18.1 Å². The fourth-order valence-electron chi connectivity index (χ4n) is 4.41. The Bertz CT molecular complexity index is 1320. The van der Waals surface area contributed by atoms with Crippen LogP contribution in [0.2, 0.25) is 0 Å². The van der Waals surface area contributed by atoms with Gasteiger partial charge in [-0.2, -0.15) is 0 Å². The molecule has 0 fully saturated rings. The van der Waals surface area contributed by atoms with E-state index < -0.39 is 0 Å². The van der Waals surface area contributed by atoms with Crippen molar-refractivity contribution < 1.29 is 23.7 Å². The van der Waals surface area contributed by atoms with Crippen LogP contribution in [0, 0.1) is 0 Å². The number of methoxy groups -OCH3 is 2. The molecule has 2 amide bonds. The molecule has 0 aromatic heterocycles. The fourth-order valence-corrected chi connectivity index (χ4v) is 4.41. The monoisotopic (exact) mass is 496 g/mol. The van der Waals surface area contributed by atoms with Gasteiger partial charge in [0.15, 0.2) is 0 Å². The predicted molar refractivity (Wildman–Crippen MR) is 143 cm³/mol. The number of rotatable bonds is 4. The first-order valence-electron chi connectivity index (χ1n) is 12.0. The van der Waals surface area contributed by atoms with Crippen LogP contribution in [0.4, 0.5) is 16.2 Å². The SMILES string of the molecule is COc1ccc2c(c1)OC1c3ccc(OC)cc3OCC21.O=C(Nc1ccccc1)Nc1ccccc1. The Morgan fingerprint density at radius 2 is 1.27 bits per heavy atom. The summed E-state index contributed by atoms with van der Waals surface area (Å²) in [6.07, 6.45) is 0.00163. The Morgan fingerprint density at radius 1 is 0.730 bits per heavy atom. The zero-order valence-electron chi connectivity index (χ0n) is 20.6. The molecule has 2 unspecified atom stereocenters. The first-order chi connectivity index (χ1) is 18.1. The Morgan fingerprint density at radius 3 is 1.84 bits per heavy atom. The summed E-state index contributed by atoms with van der Waals surface area (Å²) in [7, 11) is 3.32. The molecular weight excluding hydrogens is 468 g/mol. The van der Waals surface area contributed by atoms with Crippen LogP contribution in [-0.2, 0) is 0 Å². The highest BCUT2D eigenvalue weighted by Gasteiger charge is 2.40. The van der Waals surface area contributed by atoms with Gasteiger partial charge in [0.25, 0.3) is 0 Å². The molecule has 6 rings (SSSR count). The van der Waals surface area contributed by atoms with Crippen LogP contribution >= 0.6 is 0 Å². The molecule has 0 aliphatic carbocycles. The second-order valence-electron chi connectivity index (χ2n) is 8.57. The second-order valence-corrected chi connectivity index (χ2v) is 8.57. The standard InChI is InChI=1S/C17H16O4.C13H12N2O/c1-18-10-4-6-13-15(7-10)20-9-14-12-5-3-11(19-2)8-16(12)21-17(13)14;16-13(14-11-7-3-1-4-8-11)15-12-9-5-2-6-10-12/h3-8,14,17H,9H2,1-2H3;1-10H,(H2,14,15,16). The Kier molecular flexibility index (Phi) is 7.12. The van der Waals surface area contributed by atoms with Crippen molar-refractivity contribution in [2.45, 2.75) is 12.0 Å². The zero-order valence-corrected chi connectivity index (χ0v) is 20.6. The van der Waals surface area contributed by atoms with Gasteiger partial charge < -0.3 is 29.6 Å². The molecule has 7 nitrogen and oxygen atoms in total. The summed E-state index contributed by atoms with van der Waals surface area (Å²) in [6.45, 7) is 0.615. The quantitative estimate of drug-likeness (QED) is 0.331. The van der Waals surface area contributed by atoms with Gasteiger partial charge in [0.2, 0.25) is 0 Å². The van der Waals surface area contributed by atoms with E-state index in [0.717, 1.165) is 39.9 Å². The lowest BCUT2D eigenvalue weighted by Gasteiger charge is -2.28. The summed E-state index contributed by atoms with van der Waals surface area (Å²) >= 11 is 0. The molecule has 0 saturated heterocycles. The molecule has 2 aliphatic heterocycles. The summed E-state index contributed by atoms with van der Waals surface area (Å²) in [5.74, 6) is 3.56. The lowest BCUT2D eigenvalue weighted by Crippen LogP contribution is -2.23. The van der Waals surface area contributed by atoms with Crippen molar-refractivity contribution in [2.24, 2.45) is 0 Å². The maximum Gasteiger partial charge on any atom is 0.323 e. The molecule has 7 heteroatoms. The third-order valence-corrected chi connectivity index (χ3v) is 6.25. The van der Waals surface area contributed by atoms with Gasteiger partial charge in [-0.05, 0) is 42.5 Å². The number of anilines is 2. The van der Waals surface area contributed by atoms with Gasteiger partial charge in [0.05, 0.1) is 26.7 Å². The lowest BCUT2D eigenvalue weighted by atomic mass is 9.89. The summed E-state index contributed by atoms with van der Waals surface area (Å²) in [5, 5.41) is 5.48. The highest BCUT2D eigenvalue weighted by Crippen LogP contribution is 2.52. The number of amides is 2. The number of nitrogens with one attached hydrogen (secondary N) is 2. The van der Waals surface area contributed by atoms with Gasteiger partial charge in [-0.15, -0.1) is 0 Å². The average Bonchev–Trinajstić information content (AvgIpc) is 3.32. The van der Waals surface area contributed by atoms with Crippen LogP contribution in [0.5, 0.6) is 23.0 Å². The number of para-hydroxylation sites is 2. The zero-order chi connectivity index (χ0) is 25.6. The van der Waals surface area contributed by atoms with Gasteiger partial charge in [-0.1, -0.05) is 42.5 Å². The summed E-state index contributed by atoms with van der Waals surface area (Å²) in [5.41, 5.74) is 3.80. The molecule has 188 valence electrons. The largest absolute Gasteiger partial charge is 0.497 e. The van der Waals surface area contributed by atoms with Gasteiger partial charge >= 0.3 is 6.03 Å². The molecule has 0 saturated carbocycles. The van der Waals surface area contributed by atoms with E-state index >= 15 is 0 Å². The lowest BCUT2D eigenvalue weighted by molar-refractivity contribution is 0.139. The van der Waals surface area contributed by atoms with Crippen molar-refractivity contribution in [3.63, 3.8) is 0 Å². The number of hydrogen-bond donors (Lipinski definition) is 2. The van der Waals surface area contributed by atoms with Crippen molar-refractivity contribution in [3.8, 4) is 23.0 Å². The first-order valence-corrected chi connectivity index (χ1v) is 12.0. The first kappa shape index (κ1) is 24.1. The number of fused-ring (bicyclic) bond motifs is 5. The topological polar surface area (TPSA) is 78.0 Å². The van der Waals surface area contributed by atoms with Crippen LogP contribution in [0.1, 0.15) is 23.1 Å². The van der Waals surface area contributed by atoms with Crippen LogP contribution in [0.15, 0.2) is 97.1 Å². The number of hydrogen-bond acceptors (Lipinski definition) is 5. The molecule has 2 N–H and O–H groups in total. The van der Waals surface area contributed by atoms with Gasteiger partial charge in [-0.25, -0.2) is 4.79 Å². The average molecular weight is 497 g/mol.